The zero-order valence-electron chi connectivity index (χ0n) is 18.7. The number of carbonyl (C=O) groups excluding carboxylic acids is 2. The highest BCUT2D eigenvalue weighted by atomic mass is 16.2. The molecule has 172 valence electrons. The summed E-state index contributed by atoms with van der Waals surface area (Å²) in [6.45, 7) is 1.31. The van der Waals surface area contributed by atoms with E-state index in [4.69, 9.17) is 0 Å². The Balaban J connectivity index is 1.31. The van der Waals surface area contributed by atoms with E-state index < -0.39 is 0 Å². The van der Waals surface area contributed by atoms with Crippen LogP contribution in [0.25, 0.3) is 0 Å². The summed E-state index contributed by atoms with van der Waals surface area (Å²) >= 11 is 0. The van der Waals surface area contributed by atoms with Gasteiger partial charge in [0.05, 0.1) is 18.3 Å². The van der Waals surface area contributed by atoms with Crippen LogP contribution in [0, 0.1) is 0 Å². The van der Waals surface area contributed by atoms with Crippen LogP contribution in [0.5, 0.6) is 0 Å². The Morgan fingerprint density at radius 1 is 1.06 bits per heavy atom. The second kappa shape index (κ2) is 9.60. The minimum Gasteiger partial charge on any atom is -0.348 e. The third-order valence-electron chi connectivity index (χ3n) is 6.72. The number of aromatic amines is 1. The molecule has 1 atom stereocenters. The minimum absolute atomic E-state index is 0.00794. The lowest BCUT2D eigenvalue weighted by Gasteiger charge is -2.35. The fourth-order valence-corrected chi connectivity index (χ4v) is 5.00. The van der Waals surface area contributed by atoms with Crippen LogP contribution in [0.4, 0.5) is 0 Å². The summed E-state index contributed by atoms with van der Waals surface area (Å²) in [7, 11) is 0. The Kier molecular flexibility index (Phi) is 6.24. The maximum atomic E-state index is 13.5. The van der Waals surface area contributed by atoms with Gasteiger partial charge < -0.3 is 10.2 Å². The summed E-state index contributed by atoms with van der Waals surface area (Å²) in [6, 6.07) is 11.6. The summed E-state index contributed by atoms with van der Waals surface area (Å²) in [6.07, 6.45) is 10.9. The summed E-state index contributed by atoms with van der Waals surface area (Å²) < 4.78 is 1.84. The van der Waals surface area contributed by atoms with Gasteiger partial charge in [0.25, 0.3) is 11.8 Å². The summed E-state index contributed by atoms with van der Waals surface area (Å²) in [5.74, 6) is -0.127. The van der Waals surface area contributed by atoms with E-state index in [9.17, 15) is 9.59 Å². The van der Waals surface area contributed by atoms with Crippen LogP contribution in [-0.4, -0.2) is 49.3 Å². The van der Waals surface area contributed by atoms with Crippen molar-refractivity contribution in [1.29, 1.82) is 0 Å². The topological polar surface area (TPSA) is 95.9 Å². The molecule has 0 bridgehead atoms. The molecule has 3 heterocycles. The molecule has 0 spiro atoms. The zero-order chi connectivity index (χ0) is 22.6. The van der Waals surface area contributed by atoms with Crippen molar-refractivity contribution in [3.63, 3.8) is 0 Å². The van der Waals surface area contributed by atoms with Crippen molar-refractivity contribution in [3.8, 4) is 0 Å². The van der Waals surface area contributed by atoms with Crippen LogP contribution in [0.3, 0.4) is 0 Å². The van der Waals surface area contributed by atoms with Crippen molar-refractivity contribution in [3.05, 3.63) is 71.3 Å². The van der Waals surface area contributed by atoms with E-state index in [0.717, 1.165) is 43.4 Å². The average Bonchev–Trinajstić information content (AvgIpc) is 3.62. The fourth-order valence-electron chi connectivity index (χ4n) is 5.00. The van der Waals surface area contributed by atoms with E-state index in [0.29, 0.717) is 24.3 Å². The Labute approximate surface area is 193 Å². The van der Waals surface area contributed by atoms with Crippen molar-refractivity contribution in [2.75, 3.05) is 6.54 Å². The van der Waals surface area contributed by atoms with Gasteiger partial charge in [-0.25, -0.2) is 0 Å². The highest BCUT2D eigenvalue weighted by Crippen LogP contribution is 2.31. The van der Waals surface area contributed by atoms with E-state index in [1.165, 1.54) is 12.8 Å². The third-order valence-corrected chi connectivity index (χ3v) is 6.72. The number of aromatic nitrogens is 4. The molecule has 1 unspecified atom stereocenters. The van der Waals surface area contributed by atoms with Crippen LogP contribution in [0.1, 0.15) is 83.1 Å². The smallest absolute Gasteiger partial charge is 0.271 e. The largest absolute Gasteiger partial charge is 0.348 e. The highest BCUT2D eigenvalue weighted by Gasteiger charge is 2.31. The van der Waals surface area contributed by atoms with Gasteiger partial charge in [0.2, 0.25) is 0 Å². The zero-order valence-corrected chi connectivity index (χ0v) is 18.7. The first kappa shape index (κ1) is 21.4. The number of hydrogen-bond acceptors (Lipinski definition) is 4. The van der Waals surface area contributed by atoms with Gasteiger partial charge in [0, 0.05) is 30.5 Å². The van der Waals surface area contributed by atoms with Gasteiger partial charge in [-0.05, 0) is 61.9 Å². The summed E-state index contributed by atoms with van der Waals surface area (Å²) in [5.41, 5.74) is 2.93. The van der Waals surface area contributed by atoms with Crippen molar-refractivity contribution < 1.29 is 9.59 Å². The summed E-state index contributed by atoms with van der Waals surface area (Å²) in [5, 5.41) is 14.7. The molecular weight excluding hydrogens is 416 g/mol. The molecule has 2 N–H and O–H groups in total. The maximum Gasteiger partial charge on any atom is 0.271 e. The number of H-pyrrole nitrogens is 1. The van der Waals surface area contributed by atoms with Gasteiger partial charge in [-0.2, -0.15) is 10.2 Å². The monoisotopic (exact) mass is 446 g/mol. The standard InChI is InChI=1S/C25H30N6O2/c32-24(27-20-9-1-2-10-20)22-16-21(28-29-22)23-11-3-4-14-31(23)25(33)19-8-5-7-18(15-19)17-30-13-6-12-26-30/h5-8,12-13,15-16,20,23H,1-4,9-11,14,17H2,(H,27,32)(H,28,29). The number of nitrogens with zero attached hydrogens (tertiary/aromatic N) is 4. The molecule has 1 saturated heterocycles. The number of likely N-dealkylation sites (tertiary alicyclic amines) is 1. The SMILES string of the molecule is O=C(NC1CCCC1)c1cc(C2CCCCN2C(=O)c2cccc(Cn3cccn3)c2)[nH]n1. The molecule has 8 nitrogen and oxygen atoms in total. The first-order valence-electron chi connectivity index (χ1n) is 11.9. The second-order valence-corrected chi connectivity index (χ2v) is 9.08. The van der Waals surface area contributed by atoms with E-state index in [1.54, 1.807) is 6.20 Å². The number of piperidine rings is 1. The maximum absolute atomic E-state index is 13.5. The Bertz CT molecular complexity index is 1100. The molecule has 2 aliphatic rings. The minimum atomic E-state index is -0.135. The van der Waals surface area contributed by atoms with E-state index in [-0.39, 0.29) is 23.9 Å². The molecule has 2 amide bonds. The molecule has 8 heteroatoms. The van der Waals surface area contributed by atoms with E-state index in [2.05, 4.69) is 20.6 Å². The fraction of sp³-hybridized carbons (Fsp3) is 0.440. The Morgan fingerprint density at radius 2 is 1.91 bits per heavy atom. The summed E-state index contributed by atoms with van der Waals surface area (Å²) in [4.78, 5) is 28.0. The lowest BCUT2D eigenvalue weighted by atomic mass is 9.97. The van der Waals surface area contributed by atoms with Crippen molar-refractivity contribution in [1.82, 2.24) is 30.2 Å². The number of nitrogens with one attached hydrogen (secondary N) is 2. The van der Waals surface area contributed by atoms with Crippen LogP contribution in [0.15, 0.2) is 48.8 Å². The number of hydrogen-bond donors (Lipinski definition) is 2. The number of benzene rings is 1. The molecule has 1 aliphatic heterocycles. The lowest BCUT2D eigenvalue weighted by molar-refractivity contribution is 0.0606. The molecule has 2 fully saturated rings. The first-order valence-corrected chi connectivity index (χ1v) is 11.9. The molecule has 2 aromatic heterocycles. The van der Waals surface area contributed by atoms with Crippen LogP contribution in [-0.2, 0) is 6.54 Å². The van der Waals surface area contributed by atoms with Crippen molar-refractivity contribution >= 4 is 11.8 Å². The first-order chi connectivity index (χ1) is 16.2. The molecule has 1 aliphatic carbocycles. The van der Waals surface area contributed by atoms with Gasteiger partial charge in [-0.15, -0.1) is 0 Å². The normalized spacial score (nSPS) is 19.0. The van der Waals surface area contributed by atoms with Crippen LogP contribution >= 0.6 is 0 Å². The third kappa shape index (κ3) is 4.84. The van der Waals surface area contributed by atoms with Crippen LogP contribution in [0.2, 0.25) is 0 Å². The quantitative estimate of drug-likeness (QED) is 0.604. The van der Waals surface area contributed by atoms with Gasteiger partial charge in [0.1, 0.15) is 5.69 Å². The van der Waals surface area contributed by atoms with E-state index >= 15 is 0 Å². The molecule has 1 saturated carbocycles. The van der Waals surface area contributed by atoms with Gasteiger partial charge in [0.15, 0.2) is 0 Å². The number of rotatable bonds is 6. The highest BCUT2D eigenvalue weighted by molar-refractivity contribution is 5.95. The lowest BCUT2D eigenvalue weighted by Crippen LogP contribution is -2.38. The molecule has 1 aromatic carbocycles. The second-order valence-electron chi connectivity index (χ2n) is 9.08. The molecular formula is C25H30N6O2. The number of amides is 2. The predicted molar refractivity (Wildman–Crippen MR) is 124 cm³/mol. The average molecular weight is 447 g/mol. The molecule has 33 heavy (non-hydrogen) atoms. The van der Waals surface area contributed by atoms with Crippen LogP contribution < -0.4 is 5.32 Å². The predicted octanol–water partition coefficient (Wildman–Crippen LogP) is 3.69. The molecule has 5 rings (SSSR count). The Hall–Kier alpha value is -3.42. The van der Waals surface area contributed by atoms with E-state index in [1.807, 2.05) is 52.2 Å². The molecule has 0 radical (unpaired) electrons. The van der Waals surface area contributed by atoms with Crippen molar-refractivity contribution in [2.24, 2.45) is 0 Å². The van der Waals surface area contributed by atoms with Gasteiger partial charge in [-0.1, -0.05) is 25.0 Å². The molecule has 3 aromatic rings. The van der Waals surface area contributed by atoms with Gasteiger partial charge in [-0.3, -0.25) is 19.4 Å². The number of carbonyl (C=O) groups is 2. The van der Waals surface area contributed by atoms with Gasteiger partial charge >= 0.3 is 0 Å². The van der Waals surface area contributed by atoms with Crippen molar-refractivity contribution in [2.45, 2.75) is 63.6 Å². The Morgan fingerprint density at radius 3 is 2.73 bits per heavy atom.